The highest BCUT2D eigenvalue weighted by Gasteiger charge is 2.19. The molecule has 0 aromatic carbocycles. The number of nitrogens with zero attached hydrogens (tertiary/aromatic N) is 1. The summed E-state index contributed by atoms with van der Waals surface area (Å²) in [5, 5.41) is 0. The van der Waals surface area contributed by atoms with Crippen molar-refractivity contribution >= 4 is 5.71 Å². The Morgan fingerprint density at radius 3 is 1.82 bits per heavy atom. The largest absolute Gasteiger partial charge is 0.379 e. The van der Waals surface area contributed by atoms with Crippen LogP contribution in [0, 0.1) is 5.92 Å². The van der Waals surface area contributed by atoms with Gasteiger partial charge in [-0.2, -0.15) is 0 Å². The van der Waals surface area contributed by atoms with Crippen LogP contribution in [0.25, 0.3) is 0 Å². The SMILES string of the molecule is CC.CC.CCC.CCC(C)CN=C(COC)COC(C)(C)CCOC(C)C. The molecule has 0 amide bonds. The van der Waals surface area contributed by atoms with Gasteiger partial charge in [0.1, 0.15) is 0 Å². The normalized spacial score (nSPS) is 12.1. The summed E-state index contributed by atoms with van der Waals surface area (Å²) in [7, 11) is 1.69. The highest BCUT2D eigenvalue weighted by Crippen LogP contribution is 2.15. The van der Waals surface area contributed by atoms with E-state index < -0.39 is 0 Å². The predicted octanol–water partition coefficient (Wildman–Crippen LogP) is 7.20. The lowest BCUT2D eigenvalue weighted by molar-refractivity contribution is -0.0325. The Bertz CT molecular complexity index is 302. The fourth-order valence-corrected chi connectivity index (χ4v) is 1.60. The Morgan fingerprint density at radius 1 is 0.929 bits per heavy atom. The summed E-state index contributed by atoms with van der Waals surface area (Å²) in [5.41, 5.74) is 0.774. The van der Waals surface area contributed by atoms with Crippen LogP contribution in [-0.4, -0.2) is 50.9 Å². The number of ether oxygens (including phenoxy) is 3. The fraction of sp³-hybridized carbons (Fsp3) is 0.958. The van der Waals surface area contributed by atoms with Crippen LogP contribution in [-0.2, 0) is 14.2 Å². The van der Waals surface area contributed by atoms with Crippen LogP contribution in [0.4, 0.5) is 0 Å². The molecule has 0 aromatic rings. The number of aliphatic imine (C=N–C) groups is 1. The number of rotatable bonds is 12. The van der Waals surface area contributed by atoms with Gasteiger partial charge in [-0.05, 0) is 40.0 Å². The lowest BCUT2D eigenvalue weighted by atomic mass is 10.1. The average molecular weight is 406 g/mol. The molecule has 0 aliphatic carbocycles. The minimum atomic E-state index is -0.209. The van der Waals surface area contributed by atoms with Crippen molar-refractivity contribution in [2.45, 2.75) is 114 Å². The van der Waals surface area contributed by atoms with Crippen LogP contribution in [0.15, 0.2) is 4.99 Å². The zero-order chi connectivity index (χ0) is 23.0. The standard InChI is InChI=1S/C17H35NO3.C3H8.2C2H6/c1-8-15(4)11-18-16(12-19-7)13-21-17(5,6)9-10-20-14(2)3;1-3-2;2*1-2/h14-15H,8-13H2,1-7H3;3H2,1-2H3;2*1-2H3. The minimum Gasteiger partial charge on any atom is -0.379 e. The van der Waals surface area contributed by atoms with Crippen molar-refractivity contribution in [3.8, 4) is 0 Å². The van der Waals surface area contributed by atoms with Gasteiger partial charge >= 0.3 is 0 Å². The second-order valence-electron chi connectivity index (χ2n) is 7.28. The zero-order valence-corrected chi connectivity index (χ0v) is 21.8. The molecule has 0 spiro atoms. The molecule has 0 radical (unpaired) electrons. The molecule has 0 bridgehead atoms. The molecule has 0 aliphatic heterocycles. The van der Waals surface area contributed by atoms with Crippen molar-refractivity contribution in [1.82, 2.24) is 0 Å². The van der Waals surface area contributed by atoms with E-state index in [9.17, 15) is 0 Å². The first-order valence-corrected chi connectivity index (χ1v) is 11.5. The monoisotopic (exact) mass is 405 g/mol. The molecule has 0 aliphatic rings. The van der Waals surface area contributed by atoms with Gasteiger partial charge < -0.3 is 14.2 Å². The molecule has 174 valence electrons. The van der Waals surface area contributed by atoms with E-state index in [0.29, 0.717) is 25.7 Å². The summed E-state index contributed by atoms with van der Waals surface area (Å²) in [6.45, 7) is 27.5. The molecule has 1 atom stereocenters. The third-order valence-electron chi connectivity index (χ3n) is 3.42. The van der Waals surface area contributed by atoms with E-state index in [0.717, 1.165) is 25.1 Å². The zero-order valence-electron chi connectivity index (χ0n) is 21.8. The summed E-state index contributed by atoms with van der Waals surface area (Å²) in [4.78, 5) is 4.63. The summed E-state index contributed by atoms with van der Waals surface area (Å²) >= 11 is 0. The molecule has 0 fully saturated rings. The van der Waals surface area contributed by atoms with Gasteiger partial charge in [-0.1, -0.05) is 68.2 Å². The van der Waals surface area contributed by atoms with Gasteiger partial charge in [-0.3, -0.25) is 4.99 Å². The van der Waals surface area contributed by atoms with E-state index in [4.69, 9.17) is 14.2 Å². The highest BCUT2D eigenvalue weighted by molar-refractivity contribution is 5.87. The van der Waals surface area contributed by atoms with E-state index in [1.54, 1.807) is 7.11 Å². The van der Waals surface area contributed by atoms with Crippen LogP contribution in [0.2, 0.25) is 0 Å². The van der Waals surface area contributed by atoms with Crippen LogP contribution < -0.4 is 0 Å². The van der Waals surface area contributed by atoms with Gasteiger partial charge in [-0.15, -0.1) is 0 Å². The average Bonchev–Trinajstić information content (AvgIpc) is 2.67. The van der Waals surface area contributed by atoms with E-state index >= 15 is 0 Å². The Balaban J connectivity index is -0.000000362. The highest BCUT2D eigenvalue weighted by atomic mass is 16.5. The van der Waals surface area contributed by atoms with Crippen molar-refractivity contribution in [1.29, 1.82) is 0 Å². The van der Waals surface area contributed by atoms with Crippen LogP contribution in [0.1, 0.15) is 102 Å². The van der Waals surface area contributed by atoms with Gasteiger partial charge in [0.2, 0.25) is 0 Å². The molecule has 0 saturated carbocycles. The van der Waals surface area contributed by atoms with E-state index in [2.05, 4.69) is 46.5 Å². The van der Waals surface area contributed by atoms with Gasteiger partial charge in [-0.25, -0.2) is 0 Å². The lowest BCUT2D eigenvalue weighted by Gasteiger charge is -2.26. The summed E-state index contributed by atoms with van der Waals surface area (Å²) in [6.07, 6.45) is 3.53. The first kappa shape index (κ1) is 35.0. The Kier molecular flexibility index (Phi) is 33.2. The maximum atomic E-state index is 6.00. The van der Waals surface area contributed by atoms with Gasteiger partial charge in [0, 0.05) is 20.3 Å². The maximum absolute atomic E-state index is 6.00. The summed E-state index contributed by atoms with van der Waals surface area (Å²) in [6, 6.07) is 0. The van der Waals surface area contributed by atoms with Crippen molar-refractivity contribution < 1.29 is 14.2 Å². The third-order valence-corrected chi connectivity index (χ3v) is 3.42. The van der Waals surface area contributed by atoms with Crippen LogP contribution in [0.5, 0.6) is 0 Å². The van der Waals surface area contributed by atoms with Crippen LogP contribution in [0.3, 0.4) is 0 Å². The molecular formula is C24H55NO3. The Labute approximate surface area is 178 Å². The van der Waals surface area contributed by atoms with Crippen molar-refractivity contribution in [2.75, 3.05) is 33.5 Å². The Morgan fingerprint density at radius 2 is 1.43 bits per heavy atom. The quantitative estimate of drug-likeness (QED) is 0.322. The summed E-state index contributed by atoms with van der Waals surface area (Å²) in [5.74, 6) is 0.601. The smallest absolute Gasteiger partial charge is 0.0875 e. The first-order chi connectivity index (χ1) is 13.2. The molecule has 4 nitrogen and oxygen atoms in total. The second-order valence-corrected chi connectivity index (χ2v) is 7.28. The number of methoxy groups -OCH3 is 1. The van der Waals surface area contributed by atoms with Gasteiger partial charge in [0.15, 0.2) is 0 Å². The molecule has 1 unspecified atom stereocenters. The third kappa shape index (κ3) is 30.3. The molecular weight excluding hydrogens is 350 g/mol. The topological polar surface area (TPSA) is 40.0 Å². The second kappa shape index (κ2) is 26.6. The van der Waals surface area contributed by atoms with E-state index in [1.807, 2.05) is 41.5 Å². The summed E-state index contributed by atoms with van der Waals surface area (Å²) < 4.78 is 16.8. The van der Waals surface area contributed by atoms with E-state index in [-0.39, 0.29) is 11.7 Å². The van der Waals surface area contributed by atoms with Crippen molar-refractivity contribution in [3.05, 3.63) is 0 Å². The molecule has 0 heterocycles. The molecule has 0 N–H and O–H groups in total. The molecule has 0 saturated heterocycles. The first-order valence-electron chi connectivity index (χ1n) is 11.5. The maximum Gasteiger partial charge on any atom is 0.0875 e. The van der Waals surface area contributed by atoms with Crippen molar-refractivity contribution in [2.24, 2.45) is 10.9 Å². The molecule has 4 heteroatoms. The van der Waals surface area contributed by atoms with Gasteiger partial charge in [0.05, 0.1) is 30.6 Å². The van der Waals surface area contributed by atoms with E-state index in [1.165, 1.54) is 6.42 Å². The lowest BCUT2D eigenvalue weighted by Crippen LogP contribution is -2.31. The molecule has 0 aromatic heterocycles. The van der Waals surface area contributed by atoms with Gasteiger partial charge in [0.25, 0.3) is 0 Å². The Hall–Kier alpha value is -0.450. The fourth-order valence-electron chi connectivity index (χ4n) is 1.60. The van der Waals surface area contributed by atoms with Crippen molar-refractivity contribution in [3.63, 3.8) is 0 Å². The number of hydrogen-bond acceptors (Lipinski definition) is 4. The molecule has 28 heavy (non-hydrogen) atoms. The molecule has 0 rings (SSSR count). The predicted molar refractivity (Wildman–Crippen MR) is 128 cm³/mol. The van der Waals surface area contributed by atoms with Crippen LogP contribution >= 0.6 is 0 Å². The minimum absolute atomic E-state index is 0.209. The number of hydrogen-bond donors (Lipinski definition) is 0.